The fraction of sp³-hybridized carbons (Fsp3) is 0.320. The number of ether oxygens (including phenoxy) is 1. The summed E-state index contributed by atoms with van der Waals surface area (Å²) in [5.41, 5.74) is 4.35. The minimum Gasteiger partial charge on any atom is -0.480 e. The normalized spacial score (nSPS) is 20.0. The topological polar surface area (TPSA) is 116 Å². The van der Waals surface area contributed by atoms with Crippen molar-refractivity contribution in [2.45, 2.75) is 36.9 Å². The summed E-state index contributed by atoms with van der Waals surface area (Å²) < 4.78 is 5.50. The summed E-state index contributed by atoms with van der Waals surface area (Å²) in [6, 6.07) is 13.8. The highest BCUT2D eigenvalue weighted by Gasteiger charge is 2.41. The van der Waals surface area contributed by atoms with Gasteiger partial charge >= 0.3 is 12.1 Å². The zero-order chi connectivity index (χ0) is 23.5. The number of rotatable bonds is 7. The Hall–Kier alpha value is -3.65. The number of fused-ring (bicyclic) bond motifs is 3. The van der Waals surface area contributed by atoms with Crippen molar-refractivity contribution in [1.29, 1.82) is 0 Å². The van der Waals surface area contributed by atoms with Gasteiger partial charge in [-0.1, -0.05) is 54.6 Å². The van der Waals surface area contributed by atoms with Gasteiger partial charge in [-0.3, -0.25) is 4.79 Å². The molecule has 0 bridgehead atoms. The molecule has 2 aromatic rings. The maximum absolute atomic E-state index is 13.0. The molecule has 2 amide bonds. The molecule has 1 fully saturated rings. The van der Waals surface area contributed by atoms with E-state index < -0.39 is 36.2 Å². The fourth-order valence-corrected chi connectivity index (χ4v) is 4.66. The quantitative estimate of drug-likeness (QED) is 0.558. The number of amides is 2. The van der Waals surface area contributed by atoms with Gasteiger partial charge in [-0.05, 0) is 28.7 Å². The second kappa shape index (κ2) is 9.46. The third-order valence-corrected chi connectivity index (χ3v) is 6.18. The van der Waals surface area contributed by atoms with E-state index in [-0.39, 0.29) is 31.9 Å². The van der Waals surface area contributed by atoms with Crippen LogP contribution in [0.3, 0.4) is 0 Å². The maximum atomic E-state index is 13.0. The summed E-state index contributed by atoms with van der Waals surface area (Å²) in [5, 5.41) is 21.8. The first-order valence-electron chi connectivity index (χ1n) is 10.8. The number of carboxylic acid groups (broad SMARTS) is 1. The van der Waals surface area contributed by atoms with Crippen molar-refractivity contribution in [3.8, 4) is 11.1 Å². The van der Waals surface area contributed by atoms with Crippen molar-refractivity contribution in [3.63, 3.8) is 0 Å². The summed E-state index contributed by atoms with van der Waals surface area (Å²) in [6.07, 6.45) is -0.179. The number of carbonyl (C=O) groups excluding carboxylic acids is 2. The lowest BCUT2D eigenvalue weighted by Crippen LogP contribution is -2.51. The first kappa shape index (κ1) is 22.5. The minimum atomic E-state index is -1.20. The highest BCUT2D eigenvalue weighted by molar-refractivity contribution is 5.90. The number of aliphatic hydroxyl groups excluding tert-OH is 1. The van der Waals surface area contributed by atoms with Gasteiger partial charge in [-0.25, -0.2) is 9.59 Å². The molecular weight excluding hydrogens is 424 g/mol. The standard InChI is InChI=1S/C25H26N2O6/c1-2-7-21(23(29)27-13-15(28)12-22(27)24(30)31)26-25(32)33-14-20-18-10-5-3-8-16(18)17-9-4-6-11-19(17)20/h2-6,8-11,15,20-22,28H,1,7,12-14H2,(H,26,32)(H,30,31)/t15-,21?,22+/m1/s1. The zero-order valence-electron chi connectivity index (χ0n) is 18.0. The van der Waals surface area contributed by atoms with Gasteiger partial charge in [-0.2, -0.15) is 0 Å². The molecule has 1 unspecified atom stereocenters. The lowest BCUT2D eigenvalue weighted by molar-refractivity contribution is -0.148. The van der Waals surface area contributed by atoms with Gasteiger partial charge in [0.25, 0.3) is 0 Å². The number of carboxylic acids is 1. The third kappa shape index (κ3) is 4.47. The van der Waals surface area contributed by atoms with Crippen LogP contribution in [0.1, 0.15) is 29.9 Å². The number of likely N-dealkylation sites (tertiary alicyclic amines) is 1. The number of nitrogens with zero attached hydrogens (tertiary/aromatic N) is 1. The van der Waals surface area contributed by atoms with Crippen molar-refractivity contribution in [2.24, 2.45) is 0 Å². The van der Waals surface area contributed by atoms with Crippen LogP contribution in [0.5, 0.6) is 0 Å². The van der Waals surface area contributed by atoms with E-state index in [0.717, 1.165) is 27.2 Å². The van der Waals surface area contributed by atoms with Gasteiger partial charge in [0.05, 0.1) is 6.10 Å². The van der Waals surface area contributed by atoms with Gasteiger partial charge in [0, 0.05) is 18.9 Å². The van der Waals surface area contributed by atoms with E-state index in [9.17, 15) is 24.6 Å². The average Bonchev–Trinajstić information content (AvgIpc) is 3.35. The number of hydrogen-bond donors (Lipinski definition) is 3. The maximum Gasteiger partial charge on any atom is 0.407 e. The highest BCUT2D eigenvalue weighted by Crippen LogP contribution is 2.44. The molecule has 1 aliphatic carbocycles. The molecule has 0 saturated carbocycles. The van der Waals surface area contributed by atoms with Gasteiger partial charge in [0.2, 0.25) is 5.91 Å². The Morgan fingerprint density at radius 2 is 1.73 bits per heavy atom. The molecule has 1 aliphatic heterocycles. The van der Waals surface area contributed by atoms with Crippen molar-refractivity contribution in [1.82, 2.24) is 10.2 Å². The lowest BCUT2D eigenvalue weighted by Gasteiger charge is -2.26. The summed E-state index contributed by atoms with van der Waals surface area (Å²) in [7, 11) is 0. The Labute approximate surface area is 191 Å². The smallest absolute Gasteiger partial charge is 0.407 e. The molecule has 8 heteroatoms. The average molecular weight is 450 g/mol. The molecule has 172 valence electrons. The van der Waals surface area contributed by atoms with E-state index in [1.54, 1.807) is 0 Å². The summed E-state index contributed by atoms with van der Waals surface area (Å²) >= 11 is 0. The summed E-state index contributed by atoms with van der Waals surface area (Å²) in [5.74, 6) is -1.91. The van der Waals surface area contributed by atoms with Crippen LogP contribution >= 0.6 is 0 Å². The molecule has 4 rings (SSSR count). The second-order valence-electron chi connectivity index (χ2n) is 8.28. The summed E-state index contributed by atoms with van der Waals surface area (Å²) in [4.78, 5) is 38.1. The predicted molar refractivity (Wildman–Crippen MR) is 121 cm³/mol. The molecule has 33 heavy (non-hydrogen) atoms. The molecule has 2 aliphatic rings. The van der Waals surface area contributed by atoms with Gasteiger partial charge in [0.15, 0.2) is 0 Å². The molecule has 8 nitrogen and oxygen atoms in total. The first-order chi connectivity index (χ1) is 15.9. The van der Waals surface area contributed by atoms with Crippen molar-refractivity contribution >= 4 is 18.0 Å². The minimum absolute atomic E-state index is 0.0488. The summed E-state index contributed by atoms with van der Waals surface area (Å²) in [6.45, 7) is 3.61. The Morgan fingerprint density at radius 1 is 1.12 bits per heavy atom. The number of hydrogen-bond acceptors (Lipinski definition) is 5. The monoisotopic (exact) mass is 450 g/mol. The van der Waals surface area contributed by atoms with Crippen LogP contribution in [0.25, 0.3) is 11.1 Å². The Kier molecular flexibility index (Phi) is 6.46. The molecule has 3 atom stereocenters. The Bertz CT molecular complexity index is 1040. The van der Waals surface area contributed by atoms with Crippen LogP contribution in [0.2, 0.25) is 0 Å². The SMILES string of the molecule is C=CCC(NC(=O)OCC1c2ccccc2-c2ccccc21)C(=O)N1C[C@H](O)C[C@H]1C(=O)O. The van der Waals surface area contributed by atoms with E-state index in [1.807, 2.05) is 48.5 Å². The fourth-order valence-electron chi connectivity index (χ4n) is 4.66. The van der Waals surface area contributed by atoms with Crippen LogP contribution < -0.4 is 5.32 Å². The van der Waals surface area contributed by atoms with Crippen LogP contribution in [-0.4, -0.2) is 64.4 Å². The molecule has 1 saturated heterocycles. The van der Waals surface area contributed by atoms with Crippen molar-refractivity contribution in [3.05, 3.63) is 72.3 Å². The van der Waals surface area contributed by atoms with Crippen LogP contribution in [0, 0.1) is 0 Å². The van der Waals surface area contributed by atoms with Crippen LogP contribution in [-0.2, 0) is 14.3 Å². The largest absolute Gasteiger partial charge is 0.480 e. The van der Waals surface area contributed by atoms with Gasteiger partial charge in [0.1, 0.15) is 18.7 Å². The molecule has 0 radical (unpaired) electrons. The Balaban J connectivity index is 1.44. The molecule has 1 heterocycles. The second-order valence-corrected chi connectivity index (χ2v) is 8.28. The number of benzene rings is 2. The molecule has 3 N–H and O–H groups in total. The number of nitrogens with one attached hydrogen (secondary N) is 1. The number of carbonyl (C=O) groups is 3. The number of aliphatic hydroxyl groups is 1. The molecule has 2 aromatic carbocycles. The van der Waals surface area contributed by atoms with E-state index in [0.29, 0.717) is 0 Å². The van der Waals surface area contributed by atoms with E-state index in [1.165, 1.54) is 6.08 Å². The Morgan fingerprint density at radius 3 is 2.30 bits per heavy atom. The highest BCUT2D eigenvalue weighted by atomic mass is 16.5. The van der Waals surface area contributed by atoms with Crippen molar-refractivity contribution in [2.75, 3.05) is 13.2 Å². The van der Waals surface area contributed by atoms with Crippen LogP contribution in [0.15, 0.2) is 61.2 Å². The molecule has 0 aromatic heterocycles. The number of alkyl carbamates (subject to hydrolysis) is 1. The van der Waals surface area contributed by atoms with E-state index >= 15 is 0 Å². The van der Waals surface area contributed by atoms with Crippen LogP contribution in [0.4, 0.5) is 4.79 Å². The van der Waals surface area contributed by atoms with Gasteiger partial charge < -0.3 is 25.2 Å². The van der Waals surface area contributed by atoms with E-state index in [4.69, 9.17) is 4.74 Å². The van der Waals surface area contributed by atoms with Gasteiger partial charge in [-0.15, -0.1) is 6.58 Å². The number of β-amino-alcohol motifs (C(OH)–C–C–N with tert-alkyl or cyclic N) is 1. The molecule has 0 spiro atoms. The third-order valence-electron chi connectivity index (χ3n) is 6.18. The van der Waals surface area contributed by atoms with E-state index in [2.05, 4.69) is 11.9 Å². The van der Waals surface area contributed by atoms with Crippen molar-refractivity contribution < 1.29 is 29.3 Å². The number of aliphatic carboxylic acids is 1. The zero-order valence-corrected chi connectivity index (χ0v) is 18.0. The first-order valence-corrected chi connectivity index (χ1v) is 10.8. The molecular formula is C25H26N2O6. The predicted octanol–water partition coefficient (Wildman–Crippen LogP) is 2.52. The lowest BCUT2D eigenvalue weighted by atomic mass is 9.98.